The highest BCUT2D eigenvalue weighted by molar-refractivity contribution is 14.0. The van der Waals surface area contributed by atoms with Crippen LogP contribution in [0.4, 0.5) is 0 Å². The maximum Gasteiger partial charge on any atom is 0.191 e. The van der Waals surface area contributed by atoms with Gasteiger partial charge in [0.15, 0.2) is 5.96 Å². The van der Waals surface area contributed by atoms with Crippen LogP contribution in [-0.4, -0.2) is 63.3 Å². The number of rotatable bonds is 9. The fraction of sp³-hybridized carbons (Fsp3) is 0.944. The smallest absolute Gasteiger partial charge is 0.191 e. The monoisotopic (exact) mass is 452 g/mol. The molecule has 0 amide bonds. The Morgan fingerprint density at radius 3 is 2.46 bits per heavy atom. The molecular formula is C18H37IN4O. The number of morpholine rings is 1. The maximum absolute atomic E-state index is 5.39. The summed E-state index contributed by atoms with van der Waals surface area (Å²) in [7, 11) is 0. The van der Waals surface area contributed by atoms with Gasteiger partial charge in [-0.3, -0.25) is 9.89 Å². The van der Waals surface area contributed by atoms with E-state index in [2.05, 4.69) is 29.4 Å². The molecule has 1 aliphatic heterocycles. The van der Waals surface area contributed by atoms with Crippen molar-refractivity contribution in [3.63, 3.8) is 0 Å². The average Bonchev–Trinajstić information content (AvgIpc) is 2.54. The molecule has 2 N–H and O–H groups in total. The molecule has 0 aromatic rings. The van der Waals surface area contributed by atoms with Crippen LogP contribution < -0.4 is 10.6 Å². The molecule has 1 aliphatic carbocycles. The molecule has 0 aromatic heterocycles. The molecule has 0 unspecified atom stereocenters. The largest absolute Gasteiger partial charge is 0.379 e. The molecule has 6 heteroatoms. The zero-order valence-electron chi connectivity index (χ0n) is 15.6. The van der Waals surface area contributed by atoms with Crippen molar-refractivity contribution in [2.45, 2.75) is 52.4 Å². The zero-order valence-corrected chi connectivity index (χ0v) is 17.9. The van der Waals surface area contributed by atoms with Gasteiger partial charge in [-0.2, -0.15) is 0 Å². The Labute approximate surface area is 165 Å². The third-order valence-electron chi connectivity index (χ3n) is 5.38. The summed E-state index contributed by atoms with van der Waals surface area (Å²) in [6.45, 7) is 12.5. The van der Waals surface area contributed by atoms with Crippen LogP contribution in [0.3, 0.4) is 0 Å². The first-order valence-corrected chi connectivity index (χ1v) is 9.60. The van der Waals surface area contributed by atoms with Crippen LogP contribution in [0.2, 0.25) is 0 Å². The number of hydrogen-bond donors (Lipinski definition) is 2. The summed E-state index contributed by atoms with van der Waals surface area (Å²) in [6, 6.07) is 0. The van der Waals surface area contributed by atoms with Gasteiger partial charge in [-0.1, -0.05) is 13.3 Å². The predicted octanol–water partition coefficient (Wildman–Crippen LogP) is 2.85. The van der Waals surface area contributed by atoms with E-state index in [1.54, 1.807) is 0 Å². The van der Waals surface area contributed by atoms with E-state index in [9.17, 15) is 0 Å². The topological polar surface area (TPSA) is 48.9 Å². The molecule has 0 aromatic carbocycles. The lowest BCUT2D eigenvalue weighted by molar-refractivity contribution is 0.0372. The normalized spacial score (nSPS) is 20.8. The van der Waals surface area contributed by atoms with Crippen LogP contribution in [0, 0.1) is 5.41 Å². The van der Waals surface area contributed by atoms with E-state index in [0.29, 0.717) is 5.41 Å². The highest BCUT2D eigenvalue weighted by Gasteiger charge is 2.34. The number of unbranched alkanes of at least 4 members (excludes halogenated alkanes) is 1. The lowest BCUT2D eigenvalue weighted by Gasteiger charge is -2.40. The lowest BCUT2D eigenvalue weighted by Crippen LogP contribution is -2.40. The molecule has 2 rings (SSSR count). The Hall–Kier alpha value is -0.0800. The van der Waals surface area contributed by atoms with Gasteiger partial charge >= 0.3 is 0 Å². The number of aliphatic imine (C=N–C) groups is 1. The summed E-state index contributed by atoms with van der Waals surface area (Å²) in [4.78, 5) is 7.34. The van der Waals surface area contributed by atoms with Crippen LogP contribution in [0.1, 0.15) is 52.4 Å². The molecule has 0 atom stereocenters. The van der Waals surface area contributed by atoms with E-state index in [1.807, 2.05) is 0 Å². The minimum atomic E-state index is 0. The summed E-state index contributed by atoms with van der Waals surface area (Å²) < 4.78 is 5.39. The molecule has 1 saturated heterocycles. The van der Waals surface area contributed by atoms with Gasteiger partial charge in [-0.05, 0) is 51.0 Å². The lowest BCUT2D eigenvalue weighted by atomic mass is 9.67. The molecule has 0 spiro atoms. The summed E-state index contributed by atoms with van der Waals surface area (Å²) in [6.07, 6.45) is 7.79. The number of nitrogens with zero attached hydrogens (tertiary/aromatic N) is 2. The van der Waals surface area contributed by atoms with E-state index in [0.717, 1.165) is 51.9 Å². The first-order chi connectivity index (χ1) is 11.3. The molecule has 1 saturated carbocycles. The molecular weight excluding hydrogens is 415 g/mol. The first kappa shape index (κ1) is 22.0. The third-order valence-corrected chi connectivity index (χ3v) is 5.38. The van der Waals surface area contributed by atoms with Gasteiger partial charge in [0.1, 0.15) is 0 Å². The van der Waals surface area contributed by atoms with Gasteiger partial charge in [0.25, 0.3) is 0 Å². The number of halogens is 1. The number of ether oxygens (including phenoxy) is 1. The summed E-state index contributed by atoms with van der Waals surface area (Å²) in [5.74, 6) is 0.999. The summed E-state index contributed by atoms with van der Waals surface area (Å²) in [5.41, 5.74) is 0.499. The molecule has 142 valence electrons. The molecule has 5 nitrogen and oxygen atoms in total. The van der Waals surface area contributed by atoms with Crippen LogP contribution in [-0.2, 0) is 4.74 Å². The third kappa shape index (κ3) is 7.44. The van der Waals surface area contributed by atoms with Gasteiger partial charge in [0, 0.05) is 32.7 Å². The molecule has 2 fully saturated rings. The van der Waals surface area contributed by atoms with Crippen molar-refractivity contribution < 1.29 is 4.74 Å². The standard InChI is InChI=1S/C18H36N4O.HI/c1-3-18(8-7-9-18)16-21-17(19-4-2)20-10-5-6-11-22-12-14-23-15-13-22;/h3-16H2,1-2H3,(H2,19,20,21);1H. The minimum Gasteiger partial charge on any atom is -0.379 e. The second-order valence-corrected chi connectivity index (χ2v) is 6.99. The fourth-order valence-electron chi connectivity index (χ4n) is 3.38. The molecule has 2 aliphatic rings. The Balaban J connectivity index is 0.00000288. The number of hydrogen-bond acceptors (Lipinski definition) is 3. The van der Waals surface area contributed by atoms with Crippen molar-refractivity contribution in [1.82, 2.24) is 15.5 Å². The van der Waals surface area contributed by atoms with Gasteiger partial charge in [-0.15, -0.1) is 24.0 Å². The van der Waals surface area contributed by atoms with Crippen molar-refractivity contribution in [2.24, 2.45) is 10.4 Å². The van der Waals surface area contributed by atoms with E-state index >= 15 is 0 Å². The van der Waals surface area contributed by atoms with E-state index in [4.69, 9.17) is 9.73 Å². The highest BCUT2D eigenvalue weighted by Crippen LogP contribution is 2.43. The quantitative estimate of drug-likeness (QED) is 0.245. The van der Waals surface area contributed by atoms with Crippen LogP contribution in [0.5, 0.6) is 0 Å². The van der Waals surface area contributed by atoms with Gasteiger partial charge in [-0.25, -0.2) is 0 Å². The van der Waals surface area contributed by atoms with Crippen LogP contribution >= 0.6 is 24.0 Å². The van der Waals surface area contributed by atoms with E-state index in [1.165, 1.54) is 45.1 Å². The average molecular weight is 452 g/mol. The highest BCUT2D eigenvalue weighted by atomic mass is 127. The van der Waals surface area contributed by atoms with E-state index in [-0.39, 0.29) is 24.0 Å². The van der Waals surface area contributed by atoms with Gasteiger partial charge < -0.3 is 15.4 Å². The van der Waals surface area contributed by atoms with Crippen molar-refractivity contribution in [3.05, 3.63) is 0 Å². The Morgan fingerprint density at radius 2 is 1.88 bits per heavy atom. The fourth-order valence-corrected chi connectivity index (χ4v) is 3.38. The van der Waals surface area contributed by atoms with Crippen molar-refractivity contribution in [3.8, 4) is 0 Å². The molecule has 24 heavy (non-hydrogen) atoms. The first-order valence-electron chi connectivity index (χ1n) is 9.60. The van der Waals surface area contributed by atoms with Crippen molar-refractivity contribution >= 4 is 29.9 Å². The Bertz CT molecular complexity index is 349. The Morgan fingerprint density at radius 1 is 1.12 bits per heavy atom. The molecule has 0 radical (unpaired) electrons. The van der Waals surface area contributed by atoms with Gasteiger partial charge in [0.05, 0.1) is 13.2 Å². The summed E-state index contributed by atoms with van der Waals surface area (Å²) >= 11 is 0. The van der Waals surface area contributed by atoms with E-state index < -0.39 is 0 Å². The predicted molar refractivity (Wildman–Crippen MR) is 112 cm³/mol. The van der Waals surface area contributed by atoms with Crippen LogP contribution in [0.15, 0.2) is 4.99 Å². The number of guanidine groups is 1. The second-order valence-electron chi connectivity index (χ2n) is 6.99. The van der Waals surface area contributed by atoms with Crippen LogP contribution in [0.25, 0.3) is 0 Å². The minimum absolute atomic E-state index is 0. The molecule has 1 heterocycles. The second kappa shape index (κ2) is 12.3. The Kier molecular flexibility index (Phi) is 11.3. The maximum atomic E-state index is 5.39. The van der Waals surface area contributed by atoms with Crippen molar-refractivity contribution in [1.29, 1.82) is 0 Å². The van der Waals surface area contributed by atoms with Gasteiger partial charge in [0.2, 0.25) is 0 Å². The zero-order chi connectivity index (χ0) is 16.4. The summed E-state index contributed by atoms with van der Waals surface area (Å²) in [5, 5.41) is 6.88. The van der Waals surface area contributed by atoms with Crippen molar-refractivity contribution in [2.75, 3.05) is 52.5 Å². The number of nitrogens with one attached hydrogen (secondary N) is 2. The SMILES string of the molecule is CCNC(=NCC1(CC)CCC1)NCCCCN1CCOCC1.I. The molecule has 0 bridgehead atoms.